The maximum Gasteiger partial charge on any atom is 0.345 e. The average molecular weight is 563 g/mol. The van der Waals surface area contributed by atoms with Crippen molar-refractivity contribution in [3.05, 3.63) is 58.4 Å². The minimum atomic E-state index is -0.496. The van der Waals surface area contributed by atoms with E-state index in [0.717, 1.165) is 25.7 Å². The molecule has 0 saturated heterocycles. The first-order valence-electron chi connectivity index (χ1n) is 14.9. The summed E-state index contributed by atoms with van der Waals surface area (Å²) in [5.41, 5.74) is 1.81. The van der Waals surface area contributed by atoms with Gasteiger partial charge in [-0.05, 0) is 48.1 Å². The van der Waals surface area contributed by atoms with Gasteiger partial charge in [-0.3, -0.25) is 4.79 Å². The third-order valence-electron chi connectivity index (χ3n) is 6.91. The molecule has 0 unspecified atom stereocenters. The van der Waals surface area contributed by atoms with Crippen LogP contribution in [0.5, 0.6) is 5.88 Å². The molecule has 41 heavy (non-hydrogen) atoms. The Morgan fingerprint density at radius 3 is 2.10 bits per heavy atom. The molecule has 0 aliphatic carbocycles. The summed E-state index contributed by atoms with van der Waals surface area (Å²) in [5.74, 6) is 0.443. The molecule has 0 radical (unpaired) electrons. The zero-order valence-corrected chi connectivity index (χ0v) is 25.2. The van der Waals surface area contributed by atoms with Crippen LogP contribution in [0.4, 0.5) is 0 Å². The van der Waals surface area contributed by atoms with Crippen molar-refractivity contribution in [3.63, 3.8) is 0 Å². The summed E-state index contributed by atoms with van der Waals surface area (Å²) in [5, 5.41) is 9.79. The van der Waals surface area contributed by atoms with Crippen LogP contribution in [0.25, 0.3) is 22.2 Å². The Labute approximate surface area is 244 Å². The molecule has 0 bridgehead atoms. The molecular formula is C34H46N2O5. The highest BCUT2D eigenvalue weighted by Crippen LogP contribution is 2.23. The first-order valence-corrected chi connectivity index (χ1v) is 14.9. The van der Waals surface area contributed by atoms with E-state index in [1.807, 2.05) is 6.07 Å². The molecule has 2 heterocycles. The molecule has 3 aromatic rings. The largest absolute Gasteiger partial charge is 0.478 e. The standard InChI is InChI=1S/C28H32N2O5.C6H14/c29-20-22-12-11-13-23(18-22)25-19-24-14-15-26(30-27(24)35-28(25)32)34-17-10-8-6-4-2-1-3-5-7-9-16-33-21-31;1-5-6(2,3)4/h11-15,18-19,21H,1-10,16-17H2;5H2,1-4H3. The number of unbranched alkanes of at least 4 members (excludes halogenated alkanes) is 9. The van der Waals surface area contributed by atoms with Crippen molar-refractivity contribution < 1.29 is 18.7 Å². The fourth-order valence-corrected chi connectivity index (χ4v) is 3.95. The van der Waals surface area contributed by atoms with E-state index in [1.165, 1.54) is 44.9 Å². The summed E-state index contributed by atoms with van der Waals surface area (Å²) in [6.45, 7) is 10.6. The van der Waals surface area contributed by atoms with Crippen molar-refractivity contribution in [3.8, 4) is 23.1 Å². The molecule has 222 valence electrons. The highest BCUT2D eigenvalue weighted by molar-refractivity contribution is 5.79. The normalized spacial score (nSPS) is 10.9. The summed E-state index contributed by atoms with van der Waals surface area (Å²) < 4.78 is 15.9. The van der Waals surface area contributed by atoms with Gasteiger partial charge in [0.2, 0.25) is 11.6 Å². The Morgan fingerprint density at radius 2 is 1.51 bits per heavy atom. The lowest BCUT2D eigenvalue weighted by atomic mass is 9.94. The van der Waals surface area contributed by atoms with Crippen LogP contribution < -0.4 is 10.4 Å². The van der Waals surface area contributed by atoms with Gasteiger partial charge in [0.1, 0.15) is 0 Å². The minimum Gasteiger partial charge on any atom is -0.478 e. The Balaban J connectivity index is 0.000000883. The van der Waals surface area contributed by atoms with Crippen molar-refractivity contribution >= 4 is 17.6 Å². The van der Waals surface area contributed by atoms with Gasteiger partial charge in [0, 0.05) is 11.5 Å². The van der Waals surface area contributed by atoms with Gasteiger partial charge in [0.05, 0.1) is 30.4 Å². The van der Waals surface area contributed by atoms with Crippen LogP contribution in [0.2, 0.25) is 0 Å². The molecule has 0 amide bonds. The maximum atomic E-state index is 12.5. The Morgan fingerprint density at radius 1 is 0.902 bits per heavy atom. The van der Waals surface area contributed by atoms with E-state index in [-0.39, 0.29) is 5.71 Å². The molecule has 7 nitrogen and oxygen atoms in total. The van der Waals surface area contributed by atoms with Gasteiger partial charge < -0.3 is 13.9 Å². The number of hydrogen-bond donors (Lipinski definition) is 0. The first-order chi connectivity index (χ1) is 19.8. The maximum absolute atomic E-state index is 12.5. The predicted octanol–water partition coefficient (Wildman–Crippen LogP) is 8.62. The minimum absolute atomic E-state index is 0.240. The zero-order valence-electron chi connectivity index (χ0n) is 25.2. The van der Waals surface area contributed by atoms with E-state index in [4.69, 9.17) is 14.4 Å². The molecule has 2 aromatic heterocycles. The Kier molecular flexibility index (Phi) is 15.3. The van der Waals surface area contributed by atoms with Gasteiger partial charge >= 0.3 is 5.63 Å². The van der Waals surface area contributed by atoms with Crippen molar-refractivity contribution in [2.45, 2.75) is 98.3 Å². The smallest absolute Gasteiger partial charge is 0.345 e. The highest BCUT2D eigenvalue weighted by atomic mass is 16.5. The summed E-state index contributed by atoms with van der Waals surface area (Å²) in [6, 6.07) is 14.3. The SMILES string of the molecule is CCC(C)(C)C.N#Cc1cccc(-c2cc3ccc(OCCCCCCCCCCCCOC=O)nc3oc2=O)c1. The number of nitrogens with zero attached hydrogens (tertiary/aromatic N) is 2. The quantitative estimate of drug-likeness (QED) is 0.127. The second kappa shape index (κ2) is 18.6. The van der Waals surface area contributed by atoms with E-state index in [9.17, 15) is 9.59 Å². The van der Waals surface area contributed by atoms with Crippen LogP contribution in [0, 0.1) is 16.7 Å². The van der Waals surface area contributed by atoms with Gasteiger partial charge in [-0.25, -0.2) is 4.79 Å². The van der Waals surface area contributed by atoms with Crippen molar-refractivity contribution in [2.75, 3.05) is 13.2 Å². The van der Waals surface area contributed by atoms with Crippen LogP contribution in [0.3, 0.4) is 0 Å². The lowest BCUT2D eigenvalue weighted by molar-refractivity contribution is -0.128. The lowest BCUT2D eigenvalue weighted by Gasteiger charge is -2.12. The molecule has 0 spiro atoms. The molecule has 0 atom stereocenters. The lowest BCUT2D eigenvalue weighted by Crippen LogP contribution is -2.04. The van der Waals surface area contributed by atoms with E-state index < -0.39 is 5.63 Å². The second-order valence-corrected chi connectivity index (χ2v) is 11.4. The van der Waals surface area contributed by atoms with Crippen molar-refractivity contribution in [2.24, 2.45) is 5.41 Å². The molecule has 3 rings (SSSR count). The molecule has 0 saturated carbocycles. The van der Waals surface area contributed by atoms with E-state index in [1.54, 1.807) is 36.4 Å². The predicted molar refractivity (Wildman–Crippen MR) is 164 cm³/mol. The molecule has 7 heteroatoms. The summed E-state index contributed by atoms with van der Waals surface area (Å²) >= 11 is 0. The monoisotopic (exact) mass is 562 g/mol. The average Bonchev–Trinajstić information content (AvgIpc) is 2.97. The van der Waals surface area contributed by atoms with Crippen molar-refractivity contribution in [1.82, 2.24) is 4.98 Å². The summed E-state index contributed by atoms with van der Waals surface area (Å²) in [6.07, 6.45) is 12.8. The van der Waals surface area contributed by atoms with Crippen LogP contribution in [0.15, 0.2) is 51.7 Å². The number of carbonyl (C=O) groups excluding carboxylic acids is 1. The number of hydrogen-bond acceptors (Lipinski definition) is 7. The fraction of sp³-hybridized carbons (Fsp3) is 0.529. The Bertz CT molecular complexity index is 1290. The van der Waals surface area contributed by atoms with E-state index in [2.05, 4.69) is 43.5 Å². The van der Waals surface area contributed by atoms with Gasteiger partial charge in [-0.2, -0.15) is 10.2 Å². The summed E-state index contributed by atoms with van der Waals surface area (Å²) in [4.78, 5) is 26.9. The zero-order chi connectivity index (χ0) is 29.9. The Hall–Kier alpha value is -3.66. The number of fused-ring (bicyclic) bond motifs is 1. The number of benzene rings is 1. The summed E-state index contributed by atoms with van der Waals surface area (Å²) in [7, 11) is 0. The van der Waals surface area contributed by atoms with Crippen LogP contribution >= 0.6 is 0 Å². The molecule has 1 aromatic carbocycles. The number of nitriles is 1. The number of ether oxygens (including phenoxy) is 2. The molecule has 0 aliphatic rings. The molecular weight excluding hydrogens is 516 g/mol. The fourth-order valence-electron chi connectivity index (χ4n) is 3.95. The number of pyridine rings is 1. The van der Waals surface area contributed by atoms with Gasteiger partial charge in [-0.1, -0.05) is 97.6 Å². The second-order valence-electron chi connectivity index (χ2n) is 11.4. The van der Waals surface area contributed by atoms with Gasteiger partial charge in [0.15, 0.2) is 0 Å². The van der Waals surface area contributed by atoms with E-state index >= 15 is 0 Å². The number of carbonyl (C=O) groups is 1. The van der Waals surface area contributed by atoms with Crippen LogP contribution in [-0.4, -0.2) is 24.7 Å². The third kappa shape index (κ3) is 13.5. The molecule has 0 aliphatic heterocycles. The van der Waals surface area contributed by atoms with Crippen LogP contribution in [-0.2, 0) is 9.53 Å². The van der Waals surface area contributed by atoms with Gasteiger partial charge in [-0.15, -0.1) is 0 Å². The molecule has 0 N–H and O–H groups in total. The van der Waals surface area contributed by atoms with Crippen LogP contribution in [0.1, 0.15) is 104 Å². The van der Waals surface area contributed by atoms with Crippen molar-refractivity contribution in [1.29, 1.82) is 5.26 Å². The topological polar surface area (TPSA) is 102 Å². The highest BCUT2D eigenvalue weighted by Gasteiger charge is 2.10. The number of aromatic nitrogens is 1. The molecule has 0 fully saturated rings. The first kappa shape index (κ1) is 33.5. The third-order valence-corrected chi connectivity index (χ3v) is 6.91. The van der Waals surface area contributed by atoms with Gasteiger partial charge in [0.25, 0.3) is 6.47 Å². The number of rotatable bonds is 16. The van der Waals surface area contributed by atoms with E-state index in [0.29, 0.717) is 53.1 Å².